The highest BCUT2D eigenvalue weighted by atomic mass is 16.4. The van der Waals surface area contributed by atoms with Crippen LogP contribution < -0.4 is 0 Å². The van der Waals surface area contributed by atoms with Gasteiger partial charge in [-0.3, -0.25) is 0 Å². The van der Waals surface area contributed by atoms with Crippen molar-refractivity contribution in [2.24, 2.45) is 5.41 Å². The molecule has 114 valence electrons. The molecule has 0 saturated carbocycles. The SMILES string of the molecule is CC1(C)CCCN(C(=O)N2CCCC(O)C2)C1C(=O)O. The second-order valence-corrected chi connectivity index (χ2v) is 6.55. The number of carboxylic acid groups (broad SMARTS) is 1. The molecule has 2 heterocycles. The largest absolute Gasteiger partial charge is 0.480 e. The van der Waals surface area contributed by atoms with Crippen molar-refractivity contribution in [1.29, 1.82) is 0 Å². The molecule has 2 unspecified atom stereocenters. The van der Waals surface area contributed by atoms with E-state index in [2.05, 4.69) is 0 Å². The van der Waals surface area contributed by atoms with Gasteiger partial charge in [-0.15, -0.1) is 0 Å². The number of aliphatic carboxylic acids is 1. The van der Waals surface area contributed by atoms with E-state index in [1.54, 1.807) is 4.90 Å². The molecule has 20 heavy (non-hydrogen) atoms. The lowest BCUT2D eigenvalue weighted by Gasteiger charge is -2.46. The number of hydrogen-bond acceptors (Lipinski definition) is 3. The Hall–Kier alpha value is -1.30. The van der Waals surface area contributed by atoms with Crippen molar-refractivity contribution in [3.8, 4) is 0 Å². The second kappa shape index (κ2) is 5.60. The van der Waals surface area contributed by atoms with Crippen molar-refractivity contribution >= 4 is 12.0 Å². The number of nitrogens with zero attached hydrogens (tertiary/aromatic N) is 2. The maximum absolute atomic E-state index is 12.6. The molecule has 0 aromatic heterocycles. The Kier molecular flexibility index (Phi) is 4.22. The number of rotatable bonds is 1. The number of urea groups is 1. The zero-order valence-corrected chi connectivity index (χ0v) is 12.2. The Morgan fingerprint density at radius 1 is 1.20 bits per heavy atom. The molecule has 0 radical (unpaired) electrons. The van der Waals surface area contributed by atoms with Crippen LogP contribution in [0.15, 0.2) is 0 Å². The van der Waals surface area contributed by atoms with Crippen LogP contribution in [0.4, 0.5) is 4.79 Å². The molecule has 2 amide bonds. The number of carbonyl (C=O) groups is 2. The summed E-state index contributed by atoms with van der Waals surface area (Å²) in [5.74, 6) is -0.944. The summed E-state index contributed by atoms with van der Waals surface area (Å²) in [4.78, 5) is 27.2. The van der Waals surface area contributed by atoms with Crippen LogP contribution in [0.25, 0.3) is 0 Å². The van der Waals surface area contributed by atoms with Crippen LogP contribution in [0.1, 0.15) is 39.5 Å². The number of β-amino-alcohol motifs (C(OH)–C–C–N with tert-alkyl or cyclic N) is 1. The van der Waals surface area contributed by atoms with Gasteiger partial charge in [0.1, 0.15) is 6.04 Å². The predicted octanol–water partition coefficient (Wildman–Crippen LogP) is 1.14. The minimum absolute atomic E-state index is 0.246. The summed E-state index contributed by atoms with van der Waals surface area (Å²) in [6.45, 7) is 5.18. The van der Waals surface area contributed by atoms with Gasteiger partial charge in [-0.25, -0.2) is 9.59 Å². The molecule has 0 bridgehead atoms. The lowest BCUT2D eigenvalue weighted by Crippen LogP contribution is -2.60. The van der Waals surface area contributed by atoms with E-state index in [9.17, 15) is 19.8 Å². The number of hydrogen-bond donors (Lipinski definition) is 2. The lowest BCUT2D eigenvalue weighted by atomic mass is 9.76. The first kappa shape index (κ1) is 15.1. The number of aliphatic hydroxyl groups is 1. The smallest absolute Gasteiger partial charge is 0.327 e. The number of carboxylic acids is 1. The van der Waals surface area contributed by atoms with Gasteiger partial charge in [0.05, 0.1) is 6.10 Å². The van der Waals surface area contributed by atoms with Crippen LogP contribution in [-0.4, -0.2) is 63.8 Å². The van der Waals surface area contributed by atoms with Crippen molar-refractivity contribution < 1.29 is 19.8 Å². The highest BCUT2D eigenvalue weighted by Gasteiger charge is 2.45. The highest BCUT2D eigenvalue weighted by molar-refractivity contribution is 5.83. The van der Waals surface area contributed by atoms with Crippen LogP contribution in [0.5, 0.6) is 0 Å². The first-order valence-electron chi connectivity index (χ1n) is 7.29. The van der Waals surface area contributed by atoms with Crippen molar-refractivity contribution in [2.75, 3.05) is 19.6 Å². The first-order valence-corrected chi connectivity index (χ1v) is 7.29. The van der Waals surface area contributed by atoms with Gasteiger partial charge in [0.25, 0.3) is 0 Å². The van der Waals surface area contributed by atoms with Crippen molar-refractivity contribution in [2.45, 2.75) is 51.7 Å². The fourth-order valence-corrected chi connectivity index (χ4v) is 3.38. The summed E-state index contributed by atoms with van der Waals surface area (Å²) >= 11 is 0. The minimum Gasteiger partial charge on any atom is -0.480 e. The predicted molar refractivity (Wildman–Crippen MR) is 73.4 cm³/mol. The molecular weight excluding hydrogens is 260 g/mol. The van der Waals surface area contributed by atoms with Gasteiger partial charge >= 0.3 is 12.0 Å². The van der Waals surface area contributed by atoms with Crippen LogP contribution in [0.3, 0.4) is 0 Å². The van der Waals surface area contributed by atoms with E-state index in [1.807, 2.05) is 13.8 Å². The molecule has 0 aromatic carbocycles. The first-order chi connectivity index (χ1) is 9.33. The Bertz CT molecular complexity index is 397. The Balaban J connectivity index is 2.16. The zero-order valence-electron chi connectivity index (χ0n) is 12.2. The van der Waals surface area contributed by atoms with Gasteiger partial charge in [0, 0.05) is 19.6 Å². The molecule has 0 spiro atoms. The lowest BCUT2D eigenvalue weighted by molar-refractivity contribution is -0.148. The summed E-state index contributed by atoms with van der Waals surface area (Å²) < 4.78 is 0. The summed E-state index contributed by atoms with van der Waals surface area (Å²) in [6, 6.07) is -1.04. The number of aliphatic hydroxyl groups excluding tert-OH is 1. The third-order valence-corrected chi connectivity index (χ3v) is 4.42. The van der Waals surface area contributed by atoms with E-state index >= 15 is 0 Å². The summed E-state index contributed by atoms with van der Waals surface area (Å²) in [7, 11) is 0. The number of piperidine rings is 2. The third-order valence-electron chi connectivity index (χ3n) is 4.42. The number of amides is 2. The molecule has 2 N–H and O–H groups in total. The molecule has 2 aliphatic heterocycles. The molecule has 6 nitrogen and oxygen atoms in total. The zero-order chi connectivity index (χ0) is 14.9. The topological polar surface area (TPSA) is 81.1 Å². The Labute approximate surface area is 119 Å². The van der Waals surface area contributed by atoms with Crippen LogP contribution >= 0.6 is 0 Å². The standard InChI is InChI=1S/C14H24N2O4/c1-14(2)6-4-8-16(11(14)12(18)19)13(20)15-7-3-5-10(17)9-15/h10-11,17H,3-9H2,1-2H3,(H,18,19). The molecule has 0 aliphatic carbocycles. The minimum atomic E-state index is -0.944. The third kappa shape index (κ3) is 2.90. The quantitative estimate of drug-likeness (QED) is 0.756. The monoisotopic (exact) mass is 284 g/mol. The normalized spacial score (nSPS) is 30.1. The average Bonchev–Trinajstić information content (AvgIpc) is 2.35. The molecule has 2 rings (SSSR count). The molecular formula is C14H24N2O4. The number of likely N-dealkylation sites (tertiary alicyclic amines) is 2. The van der Waals surface area contributed by atoms with E-state index in [4.69, 9.17) is 0 Å². The van der Waals surface area contributed by atoms with Crippen LogP contribution in [-0.2, 0) is 4.79 Å². The molecule has 6 heteroatoms. The van der Waals surface area contributed by atoms with Crippen molar-refractivity contribution in [3.05, 3.63) is 0 Å². The van der Waals surface area contributed by atoms with E-state index in [0.29, 0.717) is 26.1 Å². The highest BCUT2D eigenvalue weighted by Crippen LogP contribution is 2.36. The van der Waals surface area contributed by atoms with Crippen molar-refractivity contribution in [3.63, 3.8) is 0 Å². The van der Waals surface area contributed by atoms with Gasteiger partial charge in [-0.05, 0) is 31.1 Å². The molecule has 2 atom stereocenters. The molecule has 2 aliphatic rings. The summed E-state index contributed by atoms with van der Waals surface area (Å²) in [5.41, 5.74) is -0.422. The maximum Gasteiger partial charge on any atom is 0.327 e. The molecule has 2 fully saturated rings. The van der Waals surface area contributed by atoms with E-state index in [-0.39, 0.29) is 6.03 Å². The van der Waals surface area contributed by atoms with E-state index in [0.717, 1.165) is 19.3 Å². The van der Waals surface area contributed by atoms with Gasteiger partial charge in [0.15, 0.2) is 0 Å². The van der Waals surface area contributed by atoms with Crippen molar-refractivity contribution in [1.82, 2.24) is 9.80 Å². The van der Waals surface area contributed by atoms with Crippen LogP contribution in [0.2, 0.25) is 0 Å². The van der Waals surface area contributed by atoms with E-state index < -0.39 is 23.5 Å². The maximum atomic E-state index is 12.6. The van der Waals surface area contributed by atoms with Gasteiger partial charge in [0.2, 0.25) is 0 Å². The Morgan fingerprint density at radius 3 is 2.50 bits per heavy atom. The van der Waals surface area contributed by atoms with Gasteiger partial charge in [-0.2, -0.15) is 0 Å². The molecule has 0 aromatic rings. The fourth-order valence-electron chi connectivity index (χ4n) is 3.38. The second-order valence-electron chi connectivity index (χ2n) is 6.55. The molecule has 2 saturated heterocycles. The Morgan fingerprint density at radius 2 is 1.90 bits per heavy atom. The van der Waals surface area contributed by atoms with Gasteiger partial charge in [-0.1, -0.05) is 13.8 Å². The van der Waals surface area contributed by atoms with Crippen LogP contribution in [0, 0.1) is 5.41 Å². The fraction of sp³-hybridized carbons (Fsp3) is 0.857. The van der Waals surface area contributed by atoms with E-state index in [1.165, 1.54) is 4.90 Å². The van der Waals surface area contributed by atoms with Gasteiger partial charge < -0.3 is 20.0 Å². The number of carbonyl (C=O) groups excluding carboxylic acids is 1. The summed E-state index contributed by atoms with van der Waals surface area (Å²) in [6.07, 6.45) is 2.60. The summed E-state index contributed by atoms with van der Waals surface area (Å²) in [5, 5.41) is 19.2. The average molecular weight is 284 g/mol.